The Bertz CT molecular complexity index is 1100. The summed E-state index contributed by atoms with van der Waals surface area (Å²) in [4.78, 5) is 43.5. The van der Waals surface area contributed by atoms with Crippen LogP contribution in [0.2, 0.25) is 0 Å². The molecule has 0 bridgehead atoms. The first-order valence-electron chi connectivity index (χ1n) is 10.2. The van der Waals surface area contributed by atoms with Crippen LogP contribution in [0.5, 0.6) is 0 Å². The molecule has 1 atom stereocenters. The van der Waals surface area contributed by atoms with Crippen molar-refractivity contribution in [1.29, 1.82) is 0 Å². The number of fused-ring (bicyclic) bond motifs is 2. The largest absolute Gasteiger partial charge is 0.354 e. The summed E-state index contributed by atoms with van der Waals surface area (Å²) in [5, 5.41) is 2.85. The fraction of sp³-hybridized carbons (Fsp3) is 0.304. The standard InChI is InChI=1S/C23H24N4O3/c1-3-14-26-19-11-7-6-10-18(19)25-20(26)12-13-24-21(28)15(2)27-22(29)16-8-4-5-9-17(16)23(27)30/h4-11,15H,3,12-14H2,1-2H3,(H,24,28). The third kappa shape index (κ3) is 3.36. The molecule has 2 heterocycles. The van der Waals surface area contributed by atoms with Gasteiger partial charge in [-0.3, -0.25) is 19.3 Å². The maximum absolute atomic E-state index is 12.7. The molecule has 3 amide bonds. The Labute approximate surface area is 174 Å². The number of aromatic nitrogens is 2. The number of carbonyl (C=O) groups is 3. The molecule has 2 aromatic carbocycles. The number of para-hydroxylation sites is 2. The molecule has 7 nitrogen and oxygen atoms in total. The summed E-state index contributed by atoms with van der Waals surface area (Å²) in [6.07, 6.45) is 1.55. The van der Waals surface area contributed by atoms with E-state index in [2.05, 4.69) is 16.8 Å². The molecule has 0 saturated heterocycles. The lowest BCUT2D eigenvalue weighted by Gasteiger charge is -2.21. The van der Waals surface area contributed by atoms with Crippen molar-refractivity contribution in [3.63, 3.8) is 0 Å². The van der Waals surface area contributed by atoms with Gasteiger partial charge in [-0.05, 0) is 37.6 Å². The monoisotopic (exact) mass is 404 g/mol. The molecule has 0 saturated carbocycles. The van der Waals surface area contributed by atoms with E-state index in [1.807, 2.05) is 24.3 Å². The van der Waals surface area contributed by atoms with Crippen molar-refractivity contribution >= 4 is 28.8 Å². The summed E-state index contributed by atoms with van der Waals surface area (Å²) >= 11 is 0. The molecule has 1 aliphatic heterocycles. The van der Waals surface area contributed by atoms with Crippen molar-refractivity contribution in [3.05, 3.63) is 65.5 Å². The Morgan fingerprint density at radius 3 is 2.33 bits per heavy atom. The molecular formula is C23H24N4O3. The zero-order chi connectivity index (χ0) is 21.3. The Morgan fingerprint density at radius 2 is 1.67 bits per heavy atom. The molecule has 30 heavy (non-hydrogen) atoms. The van der Waals surface area contributed by atoms with Gasteiger partial charge in [0.15, 0.2) is 0 Å². The second-order valence-corrected chi connectivity index (χ2v) is 7.41. The van der Waals surface area contributed by atoms with Gasteiger partial charge in [0.2, 0.25) is 5.91 Å². The van der Waals surface area contributed by atoms with Crippen molar-refractivity contribution in [2.45, 2.75) is 39.3 Å². The van der Waals surface area contributed by atoms with Crippen LogP contribution in [-0.2, 0) is 17.8 Å². The maximum Gasteiger partial charge on any atom is 0.262 e. The van der Waals surface area contributed by atoms with Gasteiger partial charge >= 0.3 is 0 Å². The highest BCUT2D eigenvalue weighted by Crippen LogP contribution is 2.24. The normalized spacial score (nSPS) is 14.3. The molecular weight excluding hydrogens is 380 g/mol. The van der Waals surface area contributed by atoms with Crippen molar-refractivity contribution < 1.29 is 14.4 Å². The minimum atomic E-state index is -0.883. The predicted molar refractivity (Wildman–Crippen MR) is 113 cm³/mol. The summed E-state index contributed by atoms with van der Waals surface area (Å²) in [6.45, 7) is 4.92. The lowest BCUT2D eigenvalue weighted by molar-refractivity contribution is -0.124. The van der Waals surface area contributed by atoms with Gasteiger partial charge in [-0.15, -0.1) is 0 Å². The van der Waals surface area contributed by atoms with Gasteiger partial charge in [0.1, 0.15) is 11.9 Å². The summed E-state index contributed by atoms with van der Waals surface area (Å²) in [5.41, 5.74) is 2.71. The van der Waals surface area contributed by atoms with Gasteiger partial charge in [-0.1, -0.05) is 31.2 Å². The first kappa shape index (κ1) is 19.8. The van der Waals surface area contributed by atoms with Crippen molar-refractivity contribution in [3.8, 4) is 0 Å². The van der Waals surface area contributed by atoms with Gasteiger partial charge in [-0.25, -0.2) is 4.98 Å². The highest BCUT2D eigenvalue weighted by atomic mass is 16.2. The number of imide groups is 1. The summed E-state index contributed by atoms with van der Waals surface area (Å²) in [5.74, 6) is -0.305. The minimum Gasteiger partial charge on any atom is -0.354 e. The molecule has 1 aromatic heterocycles. The predicted octanol–water partition coefficient (Wildman–Crippen LogP) is 2.79. The Balaban J connectivity index is 1.42. The number of nitrogens with one attached hydrogen (secondary N) is 1. The maximum atomic E-state index is 12.7. The number of aryl methyl sites for hydroxylation is 1. The van der Waals surface area contributed by atoms with Crippen LogP contribution in [-0.4, -0.2) is 44.8 Å². The lowest BCUT2D eigenvalue weighted by atomic mass is 10.1. The number of carbonyl (C=O) groups excluding carboxylic acids is 3. The SMILES string of the molecule is CCCn1c(CCNC(=O)C(C)N2C(=O)c3ccccc3C2=O)nc2ccccc21. The molecule has 0 aliphatic carbocycles. The van der Waals surface area contributed by atoms with E-state index in [0.717, 1.165) is 34.7 Å². The topological polar surface area (TPSA) is 84.3 Å². The van der Waals surface area contributed by atoms with E-state index >= 15 is 0 Å². The number of hydrogen-bond acceptors (Lipinski definition) is 4. The third-order valence-electron chi connectivity index (χ3n) is 5.42. The molecule has 0 radical (unpaired) electrons. The Hall–Kier alpha value is -3.48. The number of amides is 3. The Morgan fingerprint density at radius 1 is 1.03 bits per heavy atom. The van der Waals surface area contributed by atoms with Gasteiger partial charge in [0.25, 0.3) is 11.8 Å². The fourth-order valence-electron chi connectivity index (χ4n) is 3.91. The minimum absolute atomic E-state index is 0.343. The molecule has 0 fully saturated rings. The van der Waals surface area contributed by atoms with E-state index < -0.39 is 17.9 Å². The van der Waals surface area contributed by atoms with Crippen LogP contribution in [0.1, 0.15) is 46.8 Å². The first-order chi connectivity index (χ1) is 14.5. The quantitative estimate of drug-likeness (QED) is 0.614. The second kappa shape index (κ2) is 8.10. The fourth-order valence-corrected chi connectivity index (χ4v) is 3.91. The molecule has 0 spiro atoms. The van der Waals surface area contributed by atoms with Gasteiger partial charge in [0, 0.05) is 19.5 Å². The first-order valence-corrected chi connectivity index (χ1v) is 10.2. The van der Waals surface area contributed by atoms with Crippen LogP contribution in [0, 0.1) is 0 Å². The smallest absolute Gasteiger partial charge is 0.262 e. The average Bonchev–Trinajstić information content (AvgIpc) is 3.23. The molecule has 1 N–H and O–H groups in total. The summed E-state index contributed by atoms with van der Waals surface area (Å²) in [6, 6.07) is 13.7. The van der Waals surface area contributed by atoms with Gasteiger partial charge in [0.05, 0.1) is 22.2 Å². The van der Waals surface area contributed by atoms with Crippen LogP contribution in [0.3, 0.4) is 0 Å². The van der Waals surface area contributed by atoms with E-state index in [4.69, 9.17) is 4.98 Å². The number of rotatable bonds is 7. The summed E-state index contributed by atoms with van der Waals surface area (Å²) in [7, 11) is 0. The second-order valence-electron chi connectivity index (χ2n) is 7.41. The lowest BCUT2D eigenvalue weighted by Crippen LogP contribution is -2.48. The van der Waals surface area contributed by atoms with Gasteiger partial charge < -0.3 is 9.88 Å². The molecule has 4 rings (SSSR count). The molecule has 1 unspecified atom stereocenters. The van der Waals surface area contributed by atoms with Crippen molar-refractivity contribution in [2.75, 3.05) is 6.54 Å². The van der Waals surface area contributed by atoms with Crippen molar-refractivity contribution in [1.82, 2.24) is 19.8 Å². The number of hydrogen-bond donors (Lipinski definition) is 1. The highest BCUT2D eigenvalue weighted by molar-refractivity contribution is 6.22. The molecule has 3 aromatic rings. The number of imidazole rings is 1. The highest BCUT2D eigenvalue weighted by Gasteiger charge is 2.40. The van der Waals surface area contributed by atoms with Crippen molar-refractivity contribution in [2.24, 2.45) is 0 Å². The third-order valence-corrected chi connectivity index (χ3v) is 5.42. The van der Waals surface area contributed by atoms with E-state index in [1.165, 1.54) is 0 Å². The van der Waals surface area contributed by atoms with Crippen LogP contribution in [0.15, 0.2) is 48.5 Å². The number of benzene rings is 2. The van der Waals surface area contributed by atoms with E-state index in [-0.39, 0.29) is 5.91 Å². The van der Waals surface area contributed by atoms with E-state index in [1.54, 1.807) is 31.2 Å². The Kier molecular flexibility index (Phi) is 5.35. The van der Waals surface area contributed by atoms with E-state index in [9.17, 15) is 14.4 Å². The van der Waals surface area contributed by atoms with E-state index in [0.29, 0.717) is 24.1 Å². The molecule has 7 heteroatoms. The zero-order valence-corrected chi connectivity index (χ0v) is 17.1. The van der Waals surface area contributed by atoms with Crippen LogP contribution < -0.4 is 5.32 Å². The van der Waals surface area contributed by atoms with Crippen LogP contribution >= 0.6 is 0 Å². The average molecular weight is 404 g/mol. The van der Waals surface area contributed by atoms with Crippen LogP contribution in [0.25, 0.3) is 11.0 Å². The summed E-state index contributed by atoms with van der Waals surface area (Å²) < 4.78 is 2.18. The van der Waals surface area contributed by atoms with Crippen LogP contribution in [0.4, 0.5) is 0 Å². The number of nitrogens with zero attached hydrogens (tertiary/aromatic N) is 3. The molecule has 1 aliphatic rings. The molecule has 154 valence electrons. The van der Waals surface area contributed by atoms with Gasteiger partial charge in [-0.2, -0.15) is 0 Å². The zero-order valence-electron chi connectivity index (χ0n) is 17.1.